The van der Waals surface area contributed by atoms with Crippen molar-refractivity contribution in [2.75, 3.05) is 13.7 Å². The number of hydrogen-bond donors (Lipinski definition) is 0. The third kappa shape index (κ3) is 20.8. The van der Waals surface area contributed by atoms with Crippen molar-refractivity contribution in [3.8, 4) is 0 Å². The van der Waals surface area contributed by atoms with Crippen LogP contribution in [0.25, 0.3) is 0 Å². The Morgan fingerprint density at radius 2 is 0.963 bits per heavy atom. The second-order valence-electron chi connectivity index (χ2n) is 7.33. The van der Waals surface area contributed by atoms with E-state index in [0.717, 1.165) is 25.0 Å². The van der Waals surface area contributed by atoms with Crippen LogP contribution in [-0.2, 0) is 19.1 Å². The van der Waals surface area contributed by atoms with Crippen LogP contribution in [0.1, 0.15) is 110 Å². The average Bonchev–Trinajstić information content (AvgIpc) is 2.68. The van der Waals surface area contributed by atoms with Crippen LogP contribution in [0, 0.1) is 0 Å². The molecule has 0 N–H and O–H groups in total. The second-order valence-corrected chi connectivity index (χ2v) is 7.33. The summed E-state index contributed by atoms with van der Waals surface area (Å²) in [4.78, 5) is 22.1. The van der Waals surface area contributed by atoms with Gasteiger partial charge in [-0.1, -0.05) is 103 Å². The Hall–Kier alpha value is -1.32. The number of carbonyl (C=O) groups is 2. The van der Waals surface area contributed by atoms with Crippen LogP contribution in [0.5, 0.6) is 0 Å². The molecule has 4 nitrogen and oxygen atoms in total. The third-order valence-electron chi connectivity index (χ3n) is 4.80. The van der Waals surface area contributed by atoms with Crippen molar-refractivity contribution in [2.24, 2.45) is 0 Å². The number of rotatable bonds is 19. The monoisotopic (exact) mass is 382 g/mol. The third-order valence-corrected chi connectivity index (χ3v) is 4.80. The molecule has 0 fully saturated rings. The van der Waals surface area contributed by atoms with Crippen molar-refractivity contribution in [2.45, 2.75) is 110 Å². The van der Waals surface area contributed by atoms with Gasteiger partial charge in [-0.25, -0.2) is 9.59 Å². The standard InChI is InChI=1S/C23H42O4/c1-3-4-5-6-7-8-9-10-11-12-13-14-15-16-17-18-21-27-23(25)20-19-22(24)26-2/h19-20H,3-18,21H2,1-2H3/b20-19+. The largest absolute Gasteiger partial charge is 0.466 e. The number of methoxy groups -OCH3 is 1. The van der Waals surface area contributed by atoms with Gasteiger partial charge in [-0.2, -0.15) is 0 Å². The fourth-order valence-electron chi connectivity index (χ4n) is 3.08. The van der Waals surface area contributed by atoms with E-state index in [2.05, 4.69) is 11.7 Å². The van der Waals surface area contributed by atoms with Gasteiger partial charge in [0.2, 0.25) is 0 Å². The number of hydrogen-bond acceptors (Lipinski definition) is 4. The Bertz CT molecular complexity index is 377. The molecule has 0 aromatic heterocycles. The van der Waals surface area contributed by atoms with Gasteiger partial charge < -0.3 is 9.47 Å². The van der Waals surface area contributed by atoms with Crippen LogP contribution in [0.2, 0.25) is 0 Å². The van der Waals surface area contributed by atoms with Crippen LogP contribution in [0.4, 0.5) is 0 Å². The smallest absolute Gasteiger partial charge is 0.331 e. The zero-order chi connectivity index (χ0) is 20.0. The predicted octanol–water partition coefficient (Wildman–Crippen LogP) is 6.52. The zero-order valence-electron chi connectivity index (χ0n) is 17.8. The summed E-state index contributed by atoms with van der Waals surface area (Å²) in [5.41, 5.74) is 0. The lowest BCUT2D eigenvalue weighted by atomic mass is 10.0. The summed E-state index contributed by atoms with van der Waals surface area (Å²) >= 11 is 0. The van der Waals surface area contributed by atoms with E-state index in [4.69, 9.17) is 4.74 Å². The molecule has 0 spiro atoms. The summed E-state index contributed by atoms with van der Waals surface area (Å²) in [6.45, 7) is 2.69. The van der Waals surface area contributed by atoms with E-state index < -0.39 is 11.9 Å². The van der Waals surface area contributed by atoms with E-state index in [1.54, 1.807) is 0 Å². The number of carbonyl (C=O) groups excluding carboxylic acids is 2. The molecule has 0 radical (unpaired) electrons. The molecule has 0 amide bonds. The van der Waals surface area contributed by atoms with E-state index in [1.165, 1.54) is 97.0 Å². The van der Waals surface area contributed by atoms with Gasteiger partial charge in [-0.05, 0) is 6.42 Å². The summed E-state index contributed by atoms with van der Waals surface area (Å²) in [5, 5.41) is 0. The number of esters is 2. The highest BCUT2D eigenvalue weighted by atomic mass is 16.5. The molecule has 0 aromatic rings. The lowest BCUT2D eigenvalue weighted by Crippen LogP contribution is -2.04. The SMILES string of the molecule is CCCCCCCCCCCCCCCCCCOC(=O)/C=C/C(=O)OC. The van der Waals surface area contributed by atoms with E-state index in [0.29, 0.717) is 6.61 Å². The summed E-state index contributed by atoms with van der Waals surface area (Å²) in [6.07, 6.45) is 23.3. The Balaban J connectivity index is 3.18. The molecule has 0 heterocycles. The van der Waals surface area contributed by atoms with Gasteiger partial charge in [0, 0.05) is 12.2 Å². The molecule has 0 aliphatic heterocycles. The zero-order valence-corrected chi connectivity index (χ0v) is 17.8. The minimum Gasteiger partial charge on any atom is -0.466 e. The second kappa shape index (κ2) is 21.0. The van der Waals surface area contributed by atoms with Crippen LogP contribution < -0.4 is 0 Å². The first-order valence-electron chi connectivity index (χ1n) is 11.1. The van der Waals surface area contributed by atoms with Gasteiger partial charge in [0.15, 0.2) is 0 Å². The highest BCUT2D eigenvalue weighted by Gasteiger charge is 1.99. The van der Waals surface area contributed by atoms with Crippen molar-refractivity contribution >= 4 is 11.9 Å². The fourth-order valence-corrected chi connectivity index (χ4v) is 3.08. The maximum Gasteiger partial charge on any atom is 0.331 e. The molecule has 0 aliphatic rings. The van der Waals surface area contributed by atoms with Crippen LogP contribution in [0.3, 0.4) is 0 Å². The van der Waals surface area contributed by atoms with Gasteiger partial charge in [0.25, 0.3) is 0 Å². The Kier molecular flexibility index (Phi) is 20.0. The van der Waals surface area contributed by atoms with Gasteiger partial charge >= 0.3 is 11.9 Å². The highest BCUT2D eigenvalue weighted by molar-refractivity contribution is 5.91. The van der Waals surface area contributed by atoms with E-state index in [1.807, 2.05) is 0 Å². The highest BCUT2D eigenvalue weighted by Crippen LogP contribution is 2.13. The lowest BCUT2D eigenvalue weighted by Gasteiger charge is -2.04. The van der Waals surface area contributed by atoms with Crippen molar-refractivity contribution in [3.63, 3.8) is 0 Å². The number of ether oxygens (including phenoxy) is 2. The molecule has 0 bridgehead atoms. The molecular formula is C23H42O4. The van der Waals surface area contributed by atoms with Crippen LogP contribution >= 0.6 is 0 Å². The Morgan fingerprint density at radius 3 is 1.37 bits per heavy atom. The van der Waals surface area contributed by atoms with Gasteiger partial charge in [-0.15, -0.1) is 0 Å². The Labute approximate surface area is 167 Å². The summed E-state index contributed by atoms with van der Waals surface area (Å²) < 4.78 is 9.43. The molecule has 0 aliphatic carbocycles. The maximum absolute atomic E-state index is 11.3. The van der Waals surface area contributed by atoms with Crippen LogP contribution in [-0.4, -0.2) is 25.7 Å². The number of unbranched alkanes of at least 4 members (excludes halogenated alkanes) is 15. The summed E-state index contributed by atoms with van der Waals surface area (Å²) in [7, 11) is 1.27. The lowest BCUT2D eigenvalue weighted by molar-refractivity contribution is -0.139. The van der Waals surface area contributed by atoms with E-state index >= 15 is 0 Å². The first kappa shape index (κ1) is 25.7. The molecule has 0 saturated heterocycles. The molecule has 27 heavy (non-hydrogen) atoms. The van der Waals surface area contributed by atoms with Crippen molar-refractivity contribution < 1.29 is 19.1 Å². The average molecular weight is 383 g/mol. The van der Waals surface area contributed by atoms with Crippen molar-refractivity contribution in [1.29, 1.82) is 0 Å². The predicted molar refractivity (Wildman–Crippen MR) is 112 cm³/mol. The van der Waals surface area contributed by atoms with Gasteiger partial charge in [-0.3, -0.25) is 0 Å². The molecular weight excluding hydrogens is 340 g/mol. The van der Waals surface area contributed by atoms with Gasteiger partial charge in [0.05, 0.1) is 13.7 Å². The quantitative estimate of drug-likeness (QED) is 0.145. The normalized spacial score (nSPS) is 11.0. The fraction of sp³-hybridized carbons (Fsp3) is 0.826. The topological polar surface area (TPSA) is 52.6 Å². The van der Waals surface area contributed by atoms with Crippen molar-refractivity contribution in [1.82, 2.24) is 0 Å². The Morgan fingerprint density at radius 1 is 0.593 bits per heavy atom. The summed E-state index contributed by atoms with van der Waals surface area (Å²) in [6, 6.07) is 0. The molecule has 4 heteroatoms. The minimum atomic E-state index is -0.547. The molecule has 0 atom stereocenters. The van der Waals surface area contributed by atoms with Gasteiger partial charge in [0.1, 0.15) is 0 Å². The molecule has 0 rings (SSSR count). The first-order chi connectivity index (χ1) is 13.2. The van der Waals surface area contributed by atoms with Crippen molar-refractivity contribution in [3.05, 3.63) is 12.2 Å². The molecule has 0 unspecified atom stereocenters. The molecule has 158 valence electrons. The minimum absolute atomic E-state index is 0.419. The first-order valence-corrected chi connectivity index (χ1v) is 11.1. The molecule has 0 aromatic carbocycles. The summed E-state index contributed by atoms with van der Waals surface area (Å²) in [5.74, 6) is -1.03. The van der Waals surface area contributed by atoms with Crippen LogP contribution in [0.15, 0.2) is 12.2 Å². The molecule has 0 saturated carbocycles. The maximum atomic E-state index is 11.3. The van der Waals surface area contributed by atoms with E-state index in [9.17, 15) is 9.59 Å². The van der Waals surface area contributed by atoms with E-state index in [-0.39, 0.29) is 0 Å².